The van der Waals surface area contributed by atoms with E-state index in [9.17, 15) is 4.79 Å². The lowest BCUT2D eigenvalue weighted by atomic mass is 10.0. The summed E-state index contributed by atoms with van der Waals surface area (Å²) in [6.45, 7) is 2.47. The zero-order chi connectivity index (χ0) is 17.8. The molecule has 1 aliphatic heterocycles. The van der Waals surface area contributed by atoms with E-state index >= 15 is 0 Å². The third-order valence-corrected chi connectivity index (χ3v) is 4.61. The third kappa shape index (κ3) is 4.46. The number of anilines is 1. The van der Waals surface area contributed by atoms with Gasteiger partial charge in [-0.3, -0.25) is 4.79 Å². The Kier molecular flexibility index (Phi) is 5.50. The molecule has 1 amide bonds. The quantitative estimate of drug-likeness (QED) is 0.883. The molecule has 0 aliphatic carbocycles. The largest absolute Gasteiger partial charge is 0.354 e. The van der Waals surface area contributed by atoms with E-state index in [0.29, 0.717) is 16.5 Å². The van der Waals surface area contributed by atoms with Gasteiger partial charge in [0.1, 0.15) is 12.1 Å². The SMILES string of the molecule is CN(C)C[C@@H]1CN(c2ccncn2)C[C@H]1NC(=O)c1ccc(Cl)cc1. The minimum atomic E-state index is -0.0741. The molecule has 0 saturated carbocycles. The van der Waals surface area contributed by atoms with E-state index < -0.39 is 0 Å². The fourth-order valence-corrected chi connectivity index (χ4v) is 3.33. The first-order valence-electron chi connectivity index (χ1n) is 8.25. The molecule has 1 fully saturated rings. The average molecular weight is 360 g/mol. The van der Waals surface area contributed by atoms with Gasteiger partial charge >= 0.3 is 0 Å². The van der Waals surface area contributed by atoms with Crippen molar-refractivity contribution in [3.05, 3.63) is 53.4 Å². The van der Waals surface area contributed by atoms with E-state index in [0.717, 1.165) is 25.5 Å². The minimum absolute atomic E-state index is 0.0561. The van der Waals surface area contributed by atoms with Crippen molar-refractivity contribution in [2.75, 3.05) is 38.6 Å². The molecule has 1 aromatic heterocycles. The molecule has 1 saturated heterocycles. The van der Waals surface area contributed by atoms with Crippen LogP contribution in [0.5, 0.6) is 0 Å². The van der Waals surface area contributed by atoms with Crippen LogP contribution in [0.15, 0.2) is 42.9 Å². The van der Waals surface area contributed by atoms with Gasteiger partial charge in [0.15, 0.2) is 0 Å². The smallest absolute Gasteiger partial charge is 0.251 e. The van der Waals surface area contributed by atoms with Crippen LogP contribution in [0.4, 0.5) is 5.82 Å². The molecular formula is C18H22ClN5O. The molecule has 2 atom stereocenters. The third-order valence-electron chi connectivity index (χ3n) is 4.35. The van der Waals surface area contributed by atoms with E-state index in [1.165, 1.54) is 0 Å². The molecule has 0 spiro atoms. The maximum Gasteiger partial charge on any atom is 0.251 e. The van der Waals surface area contributed by atoms with E-state index in [1.54, 1.807) is 36.8 Å². The summed E-state index contributed by atoms with van der Waals surface area (Å²) in [6.07, 6.45) is 3.29. The van der Waals surface area contributed by atoms with Crippen LogP contribution in [0, 0.1) is 5.92 Å². The Hall–Kier alpha value is -2.18. The molecule has 1 aromatic carbocycles. The molecule has 0 unspecified atom stereocenters. The number of rotatable bonds is 5. The number of halogens is 1. The van der Waals surface area contributed by atoms with Crippen LogP contribution in [0.1, 0.15) is 10.4 Å². The number of amides is 1. The summed E-state index contributed by atoms with van der Waals surface area (Å²) in [5.74, 6) is 1.14. The highest BCUT2D eigenvalue weighted by atomic mass is 35.5. The maximum atomic E-state index is 12.6. The van der Waals surface area contributed by atoms with Gasteiger partial charge in [0.2, 0.25) is 0 Å². The number of aromatic nitrogens is 2. The van der Waals surface area contributed by atoms with Gasteiger partial charge < -0.3 is 15.1 Å². The first-order chi connectivity index (χ1) is 12.0. The van der Waals surface area contributed by atoms with Crippen molar-refractivity contribution in [1.82, 2.24) is 20.2 Å². The number of benzene rings is 1. The number of carbonyl (C=O) groups excluding carboxylic acids is 1. The first kappa shape index (κ1) is 17.6. The molecule has 6 nitrogen and oxygen atoms in total. The highest BCUT2D eigenvalue weighted by Crippen LogP contribution is 2.23. The van der Waals surface area contributed by atoms with Crippen LogP contribution in [0.3, 0.4) is 0 Å². The van der Waals surface area contributed by atoms with Gasteiger partial charge in [-0.25, -0.2) is 9.97 Å². The van der Waals surface area contributed by atoms with Crippen LogP contribution in [-0.4, -0.2) is 60.5 Å². The predicted molar refractivity (Wildman–Crippen MR) is 99.0 cm³/mol. The van der Waals surface area contributed by atoms with Crippen molar-refractivity contribution >= 4 is 23.3 Å². The summed E-state index contributed by atoms with van der Waals surface area (Å²) in [7, 11) is 4.09. The molecule has 2 aromatic rings. The van der Waals surface area contributed by atoms with E-state index in [2.05, 4.69) is 25.1 Å². The van der Waals surface area contributed by atoms with Crippen LogP contribution in [0.2, 0.25) is 5.02 Å². The van der Waals surface area contributed by atoms with Crippen molar-refractivity contribution in [3.8, 4) is 0 Å². The molecule has 132 valence electrons. The molecule has 7 heteroatoms. The fourth-order valence-electron chi connectivity index (χ4n) is 3.20. The molecule has 0 bridgehead atoms. The second-order valence-electron chi connectivity index (χ2n) is 6.58. The van der Waals surface area contributed by atoms with Gasteiger partial charge in [-0.1, -0.05) is 11.6 Å². The van der Waals surface area contributed by atoms with Crippen LogP contribution >= 0.6 is 11.6 Å². The Bertz CT molecular complexity index is 707. The van der Waals surface area contributed by atoms with E-state index in [1.807, 2.05) is 20.2 Å². The van der Waals surface area contributed by atoms with Crippen molar-refractivity contribution in [2.45, 2.75) is 6.04 Å². The lowest BCUT2D eigenvalue weighted by molar-refractivity contribution is 0.0928. The summed E-state index contributed by atoms with van der Waals surface area (Å²) in [5.41, 5.74) is 0.619. The lowest BCUT2D eigenvalue weighted by Crippen LogP contribution is -2.43. The van der Waals surface area contributed by atoms with Crippen LogP contribution in [-0.2, 0) is 0 Å². The van der Waals surface area contributed by atoms with Gasteiger partial charge in [-0.15, -0.1) is 0 Å². The number of carbonyl (C=O) groups is 1. The topological polar surface area (TPSA) is 61.4 Å². The zero-order valence-corrected chi connectivity index (χ0v) is 15.1. The van der Waals surface area contributed by atoms with Crippen molar-refractivity contribution in [1.29, 1.82) is 0 Å². The number of nitrogens with one attached hydrogen (secondary N) is 1. The minimum Gasteiger partial charge on any atom is -0.354 e. The first-order valence-corrected chi connectivity index (χ1v) is 8.63. The summed E-state index contributed by atoms with van der Waals surface area (Å²) >= 11 is 5.90. The Labute approximate surface area is 152 Å². The second-order valence-corrected chi connectivity index (χ2v) is 7.02. The number of nitrogens with zero attached hydrogens (tertiary/aromatic N) is 4. The molecule has 1 N–H and O–H groups in total. The molecule has 1 aliphatic rings. The molecular weight excluding hydrogens is 338 g/mol. The van der Waals surface area contributed by atoms with E-state index in [4.69, 9.17) is 11.6 Å². The van der Waals surface area contributed by atoms with Crippen molar-refractivity contribution in [3.63, 3.8) is 0 Å². The summed E-state index contributed by atoms with van der Waals surface area (Å²) in [5, 5.41) is 3.80. The Morgan fingerprint density at radius 2 is 2.04 bits per heavy atom. The molecule has 25 heavy (non-hydrogen) atoms. The molecule has 0 radical (unpaired) electrons. The van der Waals surface area contributed by atoms with Gasteiger partial charge in [-0.05, 0) is 44.4 Å². The van der Waals surface area contributed by atoms with Gasteiger partial charge in [0, 0.05) is 42.3 Å². The summed E-state index contributed by atoms with van der Waals surface area (Å²) < 4.78 is 0. The lowest BCUT2D eigenvalue weighted by Gasteiger charge is -2.22. The van der Waals surface area contributed by atoms with Gasteiger partial charge in [0.25, 0.3) is 5.91 Å². The fraction of sp³-hybridized carbons (Fsp3) is 0.389. The zero-order valence-electron chi connectivity index (χ0n) is 14.4. The van der Waals surface area contributed by atoms with Crippen molar-refractivity contribution in [2.24, 2.45) is 5.92 Å². The van der Waals surface area contributed by atoms with Gasteiger partial charge in [-0.2, -0.15) is 0 Å². The standard InChI is InChI=1S/C18H22ClN5O/c1-23(2)9-14-10-24(17-7-8-20-12-21-17)11-16(14)22-18(25)13-3-5-15(19)6-4-13/h3-8,12,14,16H,9-11H2,1-2H3,(H,22,25)/t14-,16-/m1/s1. The van der Waals surface area contributed by atoms with E-state index in [-0.39, 0.29) is 11.9 Å². The maximum absolute atomic E-state index is 12.6. The highest BCUT2D eigenvalue weighted by molar-refractivity contribution is 6.30. The Balaban J connectivity index is 1.72. The Morgan fingerprint density at radius 1 is 1.28 bits per heavy atom. The molecule has 3 rings (SSSR count). The Morgan fingerprint density at radius 3 is 2.68 bits per heavy atom. The van der Waals surface area contributed by atoms with Crippen LogP contribution in [0.25, 0.3) is 0 Å². The molecule has 2 heterocycles. The van der Waals surface area contributed by atoms with Gasteiger partial charge in [0.05, 0.1) is 6.04 Å². The van der Waals surface area contributed by atoms with Crippen molar-refractivity contribution < 1.29 is 4.79 Å². The van der Waals surface area contributed by atoms with Crippen LogP contribution < -0.4 is 10.2 Å². The second kappa shape index (κ2) is 7.80. The summed E-state index contributed by atoms with van der Waals surface area (Å²) in [4.78, 5) is 25.2. The monoisotopic (exact) mass is 359 g/mol. The predicted octanol–water partition coefficient (Wildman–Crippen LogP) is 1.93. The number of hydrogen-bond donors (Lipinski definition) is 1. The number of hydrogen-bond acceptors (Lipinski definition) is 5. The highest BCUT2D eigenvalue weighted by Gasteiger charge is 2.34. The summed E-state index contributed by atoms with van der Waals surface area (Å²) in [6, 6.07) is 8.91. The average Bonchev–Trinajstić information content (AvgIpc) is 2.98. The normalized spacial score (nSPS) is 20.1.